The van der Waals surface area contributed by atoms with Crippen LogP contribution in [0.3, 0.4) is 0 Å². The number of hydrogen-bond acceptors (Lipinski definition) is 4. The molecule has 0 saturated heterocycles. The Labute approximate surface area is 157 Å². The van der Waals surface area contributed by atoms with E-state index in [1.807, 2.05) is 24.1 Å². The number of benzene rings is 1. The minimum absolute atomic E-state index is 0.176. The van der Waals surface area contributed by atoms with Crippen LogP contribution in [0.25, 0.3) is 16.6 Å². The summed E-state index contributed by atoms with van der Waals surface area (Å²) in [5.41, 5.74) is 3.10. The van der Waals surface area contributed by atoms with Gasteiger partial charge in [0, 0.05) is 18.5 Å². The molecule has 1 amide bonds. The van der Waals surface area contributed by atoms with Crippen LogP contribution in [0.4, 0.5) is 0 Å². The van der Waals surface area contributed by atoms with E-state index < -0.39 is 0 Å². The molecule has 2 aromatic heterocycles. The Kier molecular flexibility index (Phi) is 4.85. The molecule has 0 atom stereocenters. The summed E-state index contributed by atoms with van der Waals surface area (Å²) in [6.07, 6.45) is 6.02. The van der Waals surface area contributed by atoms with Gasteiger partial charge < -0.3 is 4.90 Å². The molecule has 0 unspecified atom stereocenters. The third kappa shape index (κ3) is 3.18. The number of rotatable bonds is 4. The number of aromatic nitrogens is 3. The lowest BCUT2D eigenvalue weighted by Crippen LogP contribution is -2.39. The second kappa shape index (κ2) is 7.27. The van der Waals surface area contributed by atoms with Gasteiger partial charge in [0.1, 0.15) is 0 Å². The zero-order chi connectivity index (χ0) is 18.1. The van der Waals surface area contributed by atoms with Crippen molar-refractivity contribution >= 4 is 34.2 Å². The highest BCUT2D eigenvalue weighted by Crippen LogP contribution is 2.27. The Hall–Kier alpha value is -2.08. The van der Waals surface area contributed by atoms with E-state index in [9.17, 15) is 4.79 Å². The Bertz CT molecular complexity index is 946. The van der Waals surface area contributed by atoms with E-state index in [1.165, 1.54) is 42.0 Å². The third-order valence-electron chi connectivity index (χ3n) is 5.41. The third-order valence-corrected chi connectivity index (χ3v) is 6.33. The summed E-state index contributed by atoms with van der Waals surface area (Å²) in [5.74, 6) is 0.575. The molecule has 5 nitrogen and oxygen atoms in total. The number of aryl methyl sites for hydroxylation is 1. The molecule has 2 heterocycles. The fraction of sp³-hybridized carbons (Fsp3) is 0.450. The second-order valence-electron chi connectivity index (χ2n) is 7.11. The number of fused-ring (bicyclic) bond motifs is 3. The van der Waals surface area contributed by atoms with Gasteiger partial charge in [-0.15, -0.1) is 10.2 Å². The summed E-state index contributed by atoms with van der Waals surface area (Å²) >= 11 is 1.48. The predicted octanol–water partition coefficient (Wildman–Crippen LogP) is 4.07. The average molecular weight is 369 g/mol. The zero-order valence-corrected chi connectivity index (χ0v) is 16.1. The number of nitrogens with zero attached hydrogens (tertiary/aromatic N) is 4. The highest BCUT2D eigenvalue weighted by molar-refractivity contribution is 7.99. The zero-order valence-electron chi connectivity index (χ0n) is 15.3. The van der Waals surface area contributed by atoms with Crippen molar-refractivity contribution in [2.45, 2.75) is 50.2 Å². The van der Waals surface area contributed by atoms with Crippen LogP contribution in [0.15, 0.2) is 35.5 Å². The van der Waals surface area contributed by atoms with Gasteiger partial charge in [-0.1, -0.05) is 49.2 Å². The Morgan fingerprint density at radius 1 is 1.23 bits per heavy atom. The number of amides is 1. The highest BCUT2D eigenvalue weighted by Gasteiger charge is 2.22. The first-order valence-corrected chi connectivity index (χ1v) is 10.3. The fourth-order valence-corrected chi connectivity index (χ4v) is 4.74. The molecule has 26 heavy (non-hydrogen) atoms. The first kappa shape index (κ1) is 17.3. The second-order valence-corrected chi connectivity index (χ2v) is 8.05. The lowest BCUT2D eigenvalue weighted by atomic mass is 9.94. The van der Waals surface area contributed by atoms with E-state index in [4.69, 9.17) is 0 Å². The molecule has 0 aliphatic heterocycles. The van der Waals surface area contributed by atoms with Gasteiger partial charge in [-0.3, -0.25) is 9.20 Å². The molecule has 0 spiro atoms. The van der Waals surface area contributed by atoms with E-state index >= 15 is 0 Å². The summed E-state index contributed by atoms with van der Waals surface area (Å²) in [5, 5.41) is 10.6. The Morgan fingerprint density at radius 3 is 2.81 bits per heavy atom. The molecule has 1 saturated carbocycles. The quantitative estimate of drug-likeness (QED) is 0.651. The van der Waals surface area contributed by atoms with Crippen molar-refractivity contribution in [3.63, 3.8) is 0 Å². The van der Waals surface area contributed by atoms with Crippen LogP contribution in [-0.2, 0) is 4.79 Å². The molecule has 1 aliphatic carbocycles. The predicted molar refractivity (Wildman–Crippen MR) is 106 cm³/mol. The van der Waals surface area contributed by atoms with Gasteiger partial charge in [-0.05, 0) is 37.5 Å². The van der Waals surface area contributed by atoms with Crippen molar-refractivity contribution in [1.82, 2.24) is 19.5 Å². The summed E-state index contributed by atoms with van der Waals surface area (Å²) in [7, 11) is 1.94. The average Bonchev–Trinajstić information content (AvgIpc) is 3.09. The molecule has 1 fully saturated rings. The minimum Gasteiger partial charge on any atom is -0.342 e. The molecule has 0 bridgehead atoms. The fourth-order valence-electron chi connectivity index (χ4n) is 3.87. The molecule has 0 N–H and O–H groups in total. The topological polar surface area (TPSA) is 50.5 Å². The molecular weight excluding hydrogens is 344 g/mol. The number of thioether (sulfide) groups is 1. The van der Waals surface area contributed by atoms with E-state index in [-0.39, 0.29) is 5.91 Å². The lowest BCUT2D eigenvalue weighted by molar-refractivity contribution is -0.129. The maximum atomic E-state index is 12.6. The van der Waals surface area contributed by atoms with Crippen molar-refractivity contribution in [3.8, 4) is 0 Å². The van der Waals surface area contributed by atoms with Gasteiger partial charge in [-0.25, -0.2) is 0 Å². The lowest BCUT2D eigenvalue weighted by Gasteiger charge is -2.31. The van der Waals surface area contributed by atoms with E-state index in [0.717, 1.165) is 29.2 Å². The summed E-state index contributed by atoms with van der Waals surface area (Å²) < 4.78 is 2.06. The number of carbonyl (C=O) groups excluding carboxylic acids is 1. The number of carbonyl (C=O) groups is 1. The van der Waals surface area contributed by atoms with Crippen molar-refractivity contribution in [2.75, 3.05) is 12.8 Å². The molecule has 6 heteroatoms. The van der Waals surface area contributed by atoms with Gasteiger partial charge in [0.2, 0.25) is 5.91 Å². The Balaban J connectivity index is 1.56. The van der Waals surface area contributed by atoms with Gasteiger partial charge in [0.05, 0.1) is 11.3 Å². The molecule has 136 valence electrons. The van der Waals surface area contributed by atoms with Crippen molar-refractivity contribution in [3.05, 3.63) is 35.9 Å². The number of para-hydroxylation sites is 1. The summed E-state index contributed by atoms with van der Waals surface area (Å²) in [6, 6.07) is 10.7. The summed E-state index contributed by atoms with van der Waals surface area (Å²) in [6.45, 7) is 2.09. The van der Waals surface area contributed by atoms with Crippen LogP contribution in [-0.4, -0.2) is 44.2 Å². The SMILES string of the molecule is Cc1cc2nnc(SCC(=O)N(C)C3CCCCC3)n2c2ccccc12. The van der Waals surface area contributed by atoms with Gasteiger partial charge in [-0.2, -0.15) is 0 Å². The molecule has 3 aromatic rings. The van der Waals surface area contributed by atoms with Gasteiger partial charge >= 0.3 is 0 Å². The van der Waals surface area contributed by atoms with Crippen LogP contribution in [0, 0.1) is 6.92 Å². The van der Waals surface area contributed by atoms with Gasteiger partial charge in [0.15, 0.2) is 10.8 Å². The number of pyridine rings is 1. The molecule has 1 aromatic carbocycles. The van der Waals surface area contributed by atoms with Crippen molar-refractivity contribution < 1.29 is 4.79 Å². The van der Waals surface area contributed by atoms with E-state index in [2.05, 4.69) is 39.7 Å². The smallest absolute Gasteiger partial charge is 0.233 e. The number of hydrogen-bond donors (Lipinski definition) is 0. The Morgan fingerprint density at radius 2 is 2.00 bits per heavy atom. The molecular formula is C20H24N4OS. The molecule has 4 rings (SSSR count). The minimum atomic E-state index is 0.176. The monoisotopic (exact) mass is 368 g/mol. The highest BCUT2D eigenvalue weighted by atomic mass is 32.2. The standard InChI is InChI=1S/C20H24N4OS/c1-14-12-18-21-22-20(24(18)17-11-7-6-10-16(14)17)26-13-19(25)23(2)15-8-4-3-5-9-15/h6-7,10-12,15H,3-5,8-9,13H2,1-2H3. The normalized spacial score (nSPS) is 15.6. The van der Waals surface area contributed by atoms with Crippen LogP contribution in [0.5, 0.6) is 0 Å². The first-order chi connectivity index (χ1) is 12.6. The van der Waals surface area contributed by atoms with Crippen molar-refractivity contribution in [2.24, 2.45) is 0 Å². The van der Waals surface area contributed by atoms with Crippen LogP contribution in [0.1, 0.15) is 37.7 Å². The van der Waals surface area contributed by atoms with Crippen molar-refractivity contribution in [1.29, 1.82) is 0 Å². The maximum Gasteiger partial charge on any atom is 0.233 e. The van der Waals surface area contributed by atoms with E-state index in [1.54, 1.807) is 0 Å². The summed E-state index contributed by atoms with van der Waals surface area (Å²) in [4.78, 5) is 14.6. The van der Waals surface area contributed by atoms with Crippen LogP contribution < -0.4 is 0 Å². The van der Waals surface area contributed by atoms with Crippen LogP contribution in [0.2, 0.25) is 0 Å². The maximum absolute atomic E-state index is 12.6. The molecule has 1 aliphatic rings. The van der Waals surface area contributed by atoms with E-state index in [0.29, 0.717) is 11.8 Å². The first-order valence-electron chi connectivity index (χ1n) is 9.27. The molecule has 0 radical (unpaired) electrons. The largest absolute Gasteiger partial charge is 0.342 e. The van der Waals surface area contributed by atoms with Crippen LogP contribution >= 0.6 is 11.8 Å². The van der Waals surface area contributed by atoms with Gasteiger partial charge in [0.25, 0.3) is 0 Å².